The number of aliphatic carboxylic acids is 1. The van der Waals surface area contributed by atoms with Gasteiger partial charge in [0.15, 0.2) is 0 Å². The number of urea groups is 1. The molecule has 110 valence electrons. The van der Waals surface area contributed by atoms with Crippen molar-refractivity contribution in [1.29, 1.82) is 0 Å². The number of nitrogens with zero attached hydrogens (tertiary/aromatic N) is 1. The van der Waals surface area contributed by atoms with Crippen LogP contribution in [0.4, 0.5) is 18.0 Å². The van der Waals surface area contributed by atoms with Gasteiger partial charge in [-0.15, -0.1) is 0 Å². The van der Waals surface area contributed by atoms with E-state index < -0.39 is 36.7 Å². The third-order valence-electron chi connectivity index (χ3n) is 2.04. The van der Waals surface area contributed by atoms with Crippen LogP contribution in [0.25, 0.3) is 0 Å². The number of carbonyl (C=O) groups excluding carboxylic acids is 2. The Balaban J connectivity index is 4.46. The maximum atomic E-state index is 12.0. The zero-order chi connectivity index (χ0) is 15.2. The van der Waals surface area contributed by atoms with Crippen molar-refractivity contribution in [2.24, 2.45) is 5.73 Å². The quantitative estimate of drug-likeness (QED) is 0.633. The lowest BCUT2D eigenvalue weighted by molar-refractivity contribution is -0.140. The molecule has 0 saturated carbocycles. The Morgan fingerprint density at radius 3 is 2.26 bits per heavy atom. The van der Waals surface area contributed by atoms with E-state index in [-0.39, 0.29) is 12.8 Å². The van der Waals surface area contributed by atoms with Gasteiger partial charge >= 0.3 is 18.2 Å². The first kappa shape index (κ1) is 17.0. The smallest absolute Gasteiger partial charge is 0.406 e. The average molecular weight is 285 g/mol. The molecule has 0 unspecified atom stereocenters. The number of rotatable bonds is 6. The summed E-state index contributed by atoms with van der Waals surface area (Å²) in [7, 11) is 0.871. The van der Waals surface area contributed by atoms with Gasteiger partial charge < -0.3 is 21.1 Å². The van der Waals surface area contributed by atoms with Crippen molar-refractivity contribution in [3.05, 3.63) is 0 Å². The van der Waals surface area contributed by atoms with E-state index in [1.807, 2.05) is 5.32 Å². The Bertz CT molecular complexity index is 359. The summed E-state index contributed by atoms with van der Waals surface area (Å²) in [5.74, 6) is -2.24. The van der Waals surface area contributed by atoms with E-state index in [4.69, 9.17) is 10.8 Å². The Morgan fingerprint density at radius 2 is 1.89 bits per heavy atom. The molecule has 19 heavy (non-hydrogen) atoms. The van der Waals surface area contributed by atoms with Crippen LogP contribution in [-0.2, 0) is 9.59 Å². The van der Waals surface area contributed by atoms with Crippen LogP contribution < -0.4 is 11.1 Å². The highest BCUT2D eigenvalue weighted by atomic mass is 19.4. The van der Waals surface area contributed by atoms with Crippen molar-refractivity contribution in [2.45, 2.75) is 25.1 Å². The van der Waals surface area contributed by atoms with Crippen molar-refractivity contribution >= 4 is 17.9 Å². The number of carboxylic acid groups (broad SMARTS) is 1. The highest BCUT2D eigenvalue weighted by Gasteiger charge is 2.32. The van der Waals surface area contributed by atoms with E-state index in [0.717, 1.165) is 7.05 Å². The molecule has 0 aromatic rings. The van der Waals surface area contributed by atoms with Crippen LogP contribution in [0.3, 0.4) is 0 Å². The van der Waals surface area contributed by atoms with E-state index in [0.29, 0.717) is 4.90 Å². The number of nitrogens with two attached hydrogens (primary N) is 1. The molecule has 0 bridgehead atoms. The molecule has 0 aliphatic heterocycles. The van der Waals surface area contributed by atoms with E-state index in [1.54, 1.807) is 0 Å². The van der Waals surface area contributed by atoms with Crippen LogP contribution in [0.2, 0.25) is 0 Å². The minimum absolute atomic E-state index is 0.292. The second kappa shape index (κ2) is 6.81. The molecule has 0 aliphatic rings. The lowest BCUT2D eigenvalue weighted by Crippen LogP contribution is -2.49. The van der Waals surface area contributed by atoms with Gasteiger partial charge in [0.2, 0.25) is 5.91 Å². The molecule has 0 aliphatic carbocycles. The third-order valence-corrected chi connectivity index (χ3v) is 2.04. The normalized spacial score (nSPS) is 12.6. The molecule has 0 heterocycles. The molecule has 10 heteroatoms. The number of carbonyl (C=O) groups is 3. The highest BCUT2D eigenvalue weighted by molar-refractivity contribution is 5.83. The summed E-state index contributed by atoms with van der Waals surface area (Å²) in [6, 6.07) is -2.68. The monoisotopic (exact) mass is 285 g/mol. The second-order valence-corrected chi connectivity index (χ2v) is 3.82. The van der Waals surface area contributed by atoms with Crippen molar-refractivity contribution in [1.82, 2.24) is 10.2 Å². The van der Waals surface area contributed by atoms with Crippen LogP contribution in [-0.4, -0.2) is 53.7 Å². The first-order valence-corrected chi connectivity index (χ1v) is 5.12. The fourth-order valence-corrected chi connectivity index (χ4v) is 1.14. The van der Waals surface area contributed by atoms with Crippen LogP contribution >= 0.6 is 0 Å². The summed E-state index contributed by atoms with van der Waals surface area (Å²) in [4.78, 5) is 32.8. The Morgan fingerprint density at radius 1 is 1.37 bits per heavy atom. The summed E-state index contributed by atoms with van der Waals surface area (Å²) in [6.07, 6.45) is -5.19. The number of halogens is 3. The molecule has 0 saturated heterocycles. The SMILES string of the molecule is CN(CC(F)(F)F)C(=O)N[C@@H](CCC(N)=O)C(=O)O. The minimum atomic E-state index is -4.59. The summed E-state index contributed by atoms with van der Waals surface area (Å²) in [6.45, 7) is -1.51. The fourth-order valence-electron chi connectivity index (χ4n) is 1.14. The predicted molar refractivity (Wildman–Crippen MR) is 57.1 cm³/mol. The molecule has 3 amide bonds. The van der Waals surface area contributed by atoms with Gasteiger partial charge in [0.25, 0.3) is 0 Å². The zero-order valence-corrected chi connectivity index (χ0v) is 10.0. The van der Waals surface area contributed by atoms with Crippen LogP contribution in [0.15, 0.2) is 0 Å². The largest absolute Gasteiger partial charge is 0.480 e. The highest BCUT2D eigenvalue weighted by Crippen LogP contribution is 2.15. The molecule has 0 radical (unpaired) electrons. The molecular weight excluding hydrogens is 271 g/mol. The van der Waals surface area contributed by atoms with E-state index in [2.05, 4.69) is 0 Å². The van der Waals surface area contributed by atoms with Crippen LogP contribution in [0, 0.1) is 0 Å². The standard InChI is InChI=1S/C9H14F3N3O4/c1-15(4-9(10,11)12)8(19)14-5(7(17)18)2-3-6(13)16/h5H,2-4H2,1H3,(H2,13,16)(H,14,19)(H,17,18)/t5-/m0/s1. The van der Waals surface area contributed by atoms with Crippen molar-refractivity contribution < 1.29 is 32.7 Å². The Hall–Kier alpha value is -2.00. The molecule has 4 N–H and O–H groups in total. The van der Waals surface area contributed by atoms with Crippen molar-refractivity contribution in [3.63, 3.8) is 0 Å². The number of alkyl halides is 3. The fraction of sp³-hybridized carbons (Fsp3) is 0.667. The summed E-state index contributed by atoms with van der Waals surface area (Å²) >= 11 is 0. The average Bonchev–Trinajstić information content (AvgIpc) is 2.20. The predicted octanol–water partition coefficient (Wildman–Crippen LogP) is -0.0912. The third kappa shape index (κ3) is 7.84. The van der Waals surface area contributed by atoms with Gasteiger partial charge in [-0.25, -0.2) is 9.59 Å². The number of hydrogen-bond acceptors (Lipinski definition) is 3. The number of hydrogen-bond donors (Lipinski definition) is 3. The van der Waals surface area contributed by atoms with E-state index in [1.165, 1.54) is 0 Å². The maximum Gasteiger partial charge on any atom is 0.406 e. The van der Waals surface area contributed by atoms with Gasteiger partial charge in [0.1, 0.15) is 12.6 Å². The zero-order valence-electron chi connectivity index (χ0n) is 10.0. The number of carboxylic acids is 1. The minimum Gasteiger partial charge on any atom is -0.480 e. The Kier molecular flexibility index (Phi) is 6.09. The van der Waals surface area contributed by atoms with Gasteiger partial charge in [-0.1, -0.05) is 0 Å². The summed E-state index contributed by atoms with van der Waals surface area (Å²) in [5, 5.41) is 10.6. The lowest BCUT2D eigenvalue weighted by Gasteiger charge is -2.22. The maximum absolute atomic E-state index is 12.0. The van der Waals surface area contributed by atoms with Gasteiger partial charge in [0, 0.05) is 13.5 Å². The molecule has 0 rings (SSSR count). The molecule has 0 fully saturated rings. The van der Waals surface area contributed by atoms with Gasteiger partial charge in [0.05, 0.1) is 0 Å². The van der Waals surface area contributed by atoms with E-state index in [9.17, 15) is 27.6 Å². The molecule has 1 atom stereocenters. The molecule has 0 aromatic heterocycles. The first-order valence-electron chi connectivity index (χ1n) is 5.12. The molecule has 0 spiro atoms. The summed E-state index contributed by atoms with van der Waals surface area (Å²) < 4.78 is 36.1. The number of nitrogens with one attached hydrogen (secondary N) is 1. The second-order valence-electron chi connectivity index (χ2n) is 3.82. The van der Waals surface area contributed by atoms with Gasteiger partial charge in [-0.3, -0.25) is 4.79 Å². The van der Waals surface area contributed by atoms with Crippen LogP contribution in [0.5, 0.6) is 0 Å². The number of amides is 3. The summed E-state index contributed by atoms with van der Waals surface area (Å²) in [5.41, 5.74) is 4.81. The first-order chi connectivity index (χ1) is 8.53. The van der Waals surface area contributed by atoms with Crippen LogP contribution in [0.1, 0.15) is 12.8 Å². The van der Waals surface area contributed by atoms with Gasteiger partial charge in [-0.05, 0) is 6.42 Å². The van der Waals surface area contributed by atoms with Gasteiger partial charge in [-0.2, -0.15) is 13.2 Å². The van der Waals surface area contributed by atoms with E-state index >= 15 is 0 Å². The number of primary amides is 1. The molecule has 7 nitrogen and oxygen atoms in total. The Labute approximate surface area is 106 Å². The molecular formula is C9H14F3N3O4. The topological polar surface area (TPSA) is 113 Å². The van der Waals surface area contributed by atoms with Crippen molar-refractivity contribution in [3.8, 4) is 0 Å². The van der Waals surface area contributed by atoms with Crippen molar-refractivity contribution in [2.75, 3.05) is 13.6 Å². The lowest BCUT2D eigenvalue weighted by atomic mass is 10.1. The molecule has 0 aromatic carbocycles.